The molecule has 0 fully saturated rings. The van der Waals surface area contributed by atoms with E-state index in [-0.39, 0.29) is 0 Å². The van der Waals surface area contributed by atoms with Crippen LogP contribution < -0.4 is 5.32 Å². The molecule has 2 aromatic rings. The van der Waals surface area contributed by atoms with E-state index in [9.17, 15) is 9.90 Å². The molecule has 0 aliphatic heterocycles. The predicted octanol–water partition coefficient (Wildman–Crippen LogP) is 4.19. The van der Waals surface area contributed by atoms with Crippen LogP contribution in [-0.4, -0.2) is 11.1 Å². The molecule has 1 atom stereocenters. The van der Waals surface area contributed by atoms with Crippen molar-refractivity contribution in [2.75, 3.05) is 5.32 Å². The minimum absolute atomic E-state index is 0.503. The van der Waals surface area contributed by atoms with Crippen LogP contribution in [0.3, 0.4) is 0 Å². The molecule has 0 spiro atoms. The zero-order valence-electron chi connectivity index (χ0n) is 11.4. The Bertz CT molecular complexity index is 640. The summed E-state index contributed by atoms with van der Waals surface area (Å²) in [7, 11) is 0. The fraction of sp³-hybridized carbons (Fsp3) is 0.188. The topological polar surface area (TPSA) is 49.3 Å². The molecular weight excluding hydrogens is 274 g/mol. The first kappa shape index (κ1) is 14.4. The van der Waals surface area contributed by atoms with Gasteiger partial charge in [-0.25, -0.2) is 4.79 Å². The highest BCUT2D eigenvalue weighted by atomic mass is 35.5. The molecule has 0 aliphatic rings. The Morgan fingerprint density at radius 3 is 2.50 bits per heavy atom. The van der Waals surface area contributed by atoms with E-state index in [2.05, 4.69) is 5.32 Å². The van der Waals surface area contributed by atoms with Crippen molar-refractivity contribution in [3.05, 3.63) is 64.2 Å². The maximum absolute atomic E-state index is 11.5. The third kappa shape index (κ3) is 3.11. The first-order chi connectivity index (χ1) is 9.49. The average molecular weight is 290 g/mol. The molecule has 0 saturated carbocycles. The molecule has 0 aromatic heterocycles. The Labute approximate surface area is 123 Å². The Hall–Kier alpha value is -2.00. The molecule has 3 nitrogen and oxygen atoms in total. The number of halogens is 1. The third-order valence-corrected chi connectivity index (χ3v) is 3.49. The Morgan fingerprint density at radius 1 is 1.20 bits per heavy atom. The van der Waals surface area contributed by atoms with Crippen LogP contribution in [0.1, 0.15) is 22.7 Å². The highest BCUT2D eigenvalue weighted by Crippen LogP contribution is 2.28. The van der Waals surface area contributed by atoms with Gasteiger partial charge < -0.3 is 10.4 Å². The summed E-state index contributed by atoms with van der Waals surface area (Å²) in [6.07, 6.45) is 0. The lowest BCUT2D eigenvalue weighted by molar-refractivity contribution is -0.138. The molecule has 1 unspecified atom stereocenters. The smallest absolute Gasteiger partial charge is 0.330 e. The zero-order valence-corrected chi connectivity index (χ0v) is 12.1. The summed E-state index contributed by atoms with van der Waals surface area (Å²) in [4.78, 5) is 11.5. The van der Waals surface area contributed by atoms with E-state index in [0.717, 1.165) is 16.7 Å². The molecule has 2 aromatic carbocycles. The van der Waals surface area contributed by atoms with E-state index in [4.69, 9.17) is 11.6 Å². The molecule has 0 bridgehead atoms. The van der Waals surface area contributed by atoms with Crippen LogP contribution >= 0.6 is 11.6 Å². The molecule has 4 heteroatoms. The minimum atomic E-state index is -0.933. The molecule has 0 saturated heterocycles. The highest BCUT2D eigenvalue weighted by Gasteiger charge is 2.22. The van der Waals surface area contributed by atoms with Gasteiger partial charge in [-0.15, -0.1) is 0 Å². The van der Waals surface area contributed by atoms with E-state index >= 15 is 0 Å². The van der Waals surface area contributed by atoms with E-state index in [1.807, 2.05) is 38.1 Å². The number of hydrogen-bond donors (Lipinski definition) is 2. The summed E-state index contributed by atoms with van der Waals surface area (Å²) in [5.41, 5.74) is 3.40. The lowest BCUT2D eigenvalue weighted by Crippen LogP contribution is -2.21. The first-order valence-corrected chi connectivity index (χ1v) is 6.68. The molecule has 20 heavy (non-hydrogen) atoms. The number of benzene rings is 2. The molecule has 0 amide bonds. The second-order valence-corrected chi connectivity index (χ2v) is 5.16. The maximum Gasteiger partial charge on any atom is 0.330 e. The molecule has 2 rings (SSSR count). The van der Waals surface area contributed by atoms with Gasteiger partial charge in [-0.3, -0.25) is 0 Å². The summed E-state index contributed by atoms with van der Waals surface area (Å²) in [5, 5.41) is 13.0. The summed E-state index contributed by atoms with van der Waals surface area (Å²) in [6, 6.07) is 12.0. The molecule has 2 N–H and O–H groups in total. The van der Waals surface area contributed by atoms with Gasteiger partial charge in [-0.2, -0.15) is 0 Å². The third-order valence-electron chi connectivity index (χ3n) is 3.16. The van der Waals surface area contributed by atoms with Crippen LogP contribution in [0.5, 0.6) is 0 Å². The normalized spacial score (nSPS) is 11.9. The summed E-state index contributed by atoms with van der Waals surface area (Å²) in [5.74, 6) is -0.933. The molecule has 0 heterocycles. The number of hydrogen-bond acceptors (Lipinski definition) is 2. The first-order valence-electron chi connectivity index (χ1n) is 6.30. The molecule has 0 radical (unpaired) electrons. The fourth-order valence-corrected chi connectivity index (χ4v) is 2.35. The van der Waals surface area contributed by atoms with Crippen LogP contribution in [0.15, 0.2) is 42.5 Å². The zero-order chi connectivity index (χ0) is 14.7. The van der Waals surface area contributed by atoms with Gasteiger partial charge >= 0.3 is 5.97 Å². The van der Waals surface area contributed by atoms with Crippen molar-refractivity contribution in [2.24, 2.45) is 0 Å². The van der Waals surface area contributed by atoms with Gasteiger partial charge in [0.25, 0.3) is 0 Å². The second-order valence-electron chi connectivity index (χ2n) is 4.76. The highest BCUT2D eigenvalue weighted by molar-refractivity contribution is 6.33. The van der Waals surface area contributed by atoms with Crippen molar-refractivity contribution in [3.63, 3.8) is 0 Å². The number of carboxylic acids is 1. The van der Waals surface area contributed by atoms with E-state index in [1.165, 1.54) is 0 Å². The van der Waals surface area contributed by atoms with Gasteiger partial charge in [-0.05, 0) is 37.1 Å². The Balaban J connectivity index is 2.37. The quantitative estimate of drug-likeness (QED) is 0.887. The van der Waals surface area contributed by atoms with Crippen molar-refractivity contribution < 1.29 is 9.90 Å². The van der Waals surface area contributed by atoms with Crippen molar-refractivity contribution in [1.82, 2.24) is 0 Å². The average Bonchev–Trinajstić information content (AvgIpc) is 2.38. The van der Waals surface area contributed by atoms with Crippen molar-refractivity contribution in [1.29, 1.82) is 0 Å². The van der Waals surface area contributed by atoms with Crippen molar-refractivity contribution in [3.8, 4) is 0 Å². The maximum atomic E-state index is 11.5. The summed E-state index contributed by atoms with van der Waals surface area (Å²) >= 11 is 6.07. The predicted molar refractivity (Wildman–Crippen MR) is 81.4 cm³/mol. The van der Waals surface area contributed by atoms with Gasteiger partial charge in [0.1, 0.15) is 0 Å². The number of nitrogens with one attached hydrogen (secondary N) is 1. The van der Waals surface area contributed by atoms with Crippen LogP contribution in [0.2, 0.25) is 5.02 Å². The van der Waals surface area contributed by atoms with E-state index < -0.39 is 12.0 Å². The fourth-order valence-electron chi connectivity index (χ4n) is 2.16. The molecule has 104 valence electrons. The number of anilines is 1. The van der Waals surface area contributed by atoms with Crippen LogP contribution in [0.4, 0.5) is 5.69 Å². The Kier molecular flexibility index (Phi) is 4.30. The van der Waals surface area contributed by atoms with Crippen LogP contribution in [-0.2, 0) is 4.79 Å². The summed E-state index contributed by atoms with van der Waals surface area (Å²) in [6.45, 7) is 3.89. The van der Waals surface area contributed by atoms with Gasteiger partial charge in [0, 0.05) is 0 Å². The van der Waals surface area contributed by atoms with Gasteiger partial charge in [0.2, 0.25) is 0 Å². The van der Waals surface area contributed by atoms with Crippen molar-refractivity contribution in [2.45, 2.75) is 19.9 Å². The van der Waals surface area contributed by atoms with Gasteiger partial charge in [0.15, 0.2) is 6.04 Å². The lowest BCUT2D eigenvalue weighted by Gasteiger charge is -2.19. The van der Waals surface area contributed by atoms with Crippen LogP contribution in [0, 0.1) is 13.8 Å². The van der Waals surface area contributed by atoms with Crippen molar-refractivity contribution >= 4 is 23.3 Å². The number of para-hydroxylation sites is 1. The number of aliphatic carboxylic acids is 1. The second kappa shape index (κ2) is 5.97. The molecule has 0 aliphatic carbocycles. The lowest BCUT2D eigenvalue weighted by atomic mass is 9.99. The van der Waals surface area contributed by atoms with E-state index in [0.29, 0.717) is 10.7 Å². The number of aryl methyl sites for hydroxylation is 2. The van der Waals surface area contributed by atoms with Gasteiger partial charge in [0.05, 0.1) is 10.7 Å². The number of carboxylic acid groups (broad SMARTS) is 1. The number of carbonyl (C=O) groups is 1. The minimum Gasteiger partial charge on any atom is -0.479 e. The van der Waals surface area contributed by atoms with E-state index in [1.54, 1.807) is 18.2 Å². The van der Waals surface area contributed by atoms with Gasteiger partial charge in [-0.1, -0.05) is 47.5 Å². The monoisotopic (exact) mass is 289 g/mol. The Morgan fingerprint density at radius 2 is 1.90 bits per heavy atom. The summed E-state index contributed by atoms with van der Waals surface area (Å²) < 4.78 is 0. The number of rotatable bonds is 4. The SMILES string of the molecule is Cc1ccc(C(Nc2ccccc2Cl)C(=O)O)c(C)c1. The molecular formula is C16H16ClNO2. The van der Waals surface area contributed by atoms with Crippen LogP contribution in [0.25, 0.3) is 0 Å². The standard InChI is InChI=1S/C16H16ClNO2/c1-10-7-8-12(11(2)9-10)15(16(19)20)18-14-6-4-3-5-13(14)17/h3-9,15,18H,1-2H3,(H,19,20). The largest absolute Gasteiger partial charge is 0.479 e.